The van der Waals surface area contributed by atoms with E-state index in [0.29, 0.717) is 5.02 Å². The standard InChI is InChI=1S/C21H20ClNO2S2/c1-24-16-4-8-18(9-5-16)26-13-15-3-12-20(22)21(23-15)14-27-19-10-6-17(25-2)7-11-19/h3-12H,13-14H2,1-2H3. The highest BCUT2D eigenvalue weighted by molar-refractivity contribution is 7.98. The summed E-state index contributed by atoms with van der Waals surface area (Å²) in [7, 11) is 3.34. The molecule has 0 bridgehead atoms. The van der Waals surface area contributed by atoms with Crippen LogP contribution in [0.5, 0.6) is 11.5 Å². The van der Waals surface area contributed by atoms with Gasteiger partial charge >= 0.3 is 0 Å². The first kappa shape index (κ1) is 19.9. The van der Waals surface area contributed by atoms with Crippen molar-refractivity contribution in [2.45, 2.75) is 21.3 Å². The molecule has 3 nitrogen and oxygen atoms in total. The van der Waals surface area contributed by atoms with E-state index in [9.17, 15) is 0 Å². The minimum atomic E-state index is 0.703. The quantitative estimate of drug-likeness (QED) is 0.399. The van der Waals surface area contributed by atoms with Gasteiger partial charge in [0.05, 0.1) is 30.6 Å². The number of methoxy groups -OCH3 is 2. The first-order chi connectivity index (χ1) is 13.2. The normalized spacial score (nSPS) is 10.6. The fourth-order valence-corrected chi connectivity index (χ4v) is 4.27. The molecule has 6 heteroatoms. The zero-order valence-corrected chi connectivity index (χ0v) is 17.5. The molecule has 0 fully saturated rings. The summed E-state index contributed by atoms with van der Waals surface area (Å²) in [4.78, 5) is 7.09. The molecule has 3 rings (SSSR count). The number of hydrogen-bond acceptors (Lipinski definition) is 5. The summed E-state index contributed by atoms with van der Waals surface area (Å²) in [6.45, 7) is 0. The van der Waals surface area contributed by atoms with Crippen molar-refractivity contribution < 1.29 is 9.47 Å². The molecule has 0 aliphatic heterocycles. The van der Waals surface area contributed by atoms with Gasteiger partial charge in [-0.15, -0.1) is 23.5 Å². The highest BCUT2D eigenvalue weighted by atomic mass is 35.5. The smallest absolute Gasteiger partial charge is 0.118 e. The van der Waals surface area contributed by atoms with E-state index in [0.717, 1.165) is 39.3 Å². The Morgan fingerprint density at radius 2 is 1.26 bits per heavy atom. The molecule has 3 aromatic rings. The number of thioether (sulfide) groups is 2. The van der Waals surface area contributed by atoms with Crippen LogP contribution in [0.1, 0.15) is 11.4 Å². The fourth-order valence-electron chi connectivity index (χ4n) is 2.36. The summed E-state index contributed by atoms with van der Waals surface area (Å²) < 4.78 is 10.4. The average molecular weight is 418 g/mol. The van der Waals surface area contributed by atoms with Crippen molar-refractivity contribution in [1.82, 2.24) is 4.98 Å². The molecule has 1 aromatic heterocycles. The van der Waals surface area contributed by atoms with Crippen LogP contribution in [0.4, 0.5) is 0 Å². The van der Waals surface area contributed by atoms with Crippen molar-refractivity contribution in [1.29, 1.82) is 0 Å². The molecule has 0 N–H and O–H groups in total. The first-order valence-corrected chi connectivity index (χ1v) is 10.7. The van der Waals surface area contributed by atoms with E-state index < -0.39 is 0 Å². The zero-order chi connectivity index (χ0) is 19.1. The molecule has 0 aliphatic carbocycles. The largest absolute Gasteiger partial charge is 0.497 e. The van der Waals surface area contributed by atoms with Crippen LogP contribution in [0.2, 0.25) is 5.02 Å². The number of pyridine rings is 1. The summed E-state index contributed by atoms with van der Waals surface area (Å²) in [6.07, 6.45) is 0. The molecule has 140 valence electrons. The molecule has 0 radical (unpaired) electrons. The van der Waals surface area contributed by atoms with Crippen LogP contribution in [-0.4, -0.2) is 19.2 Å². The number of nitrogens with zero attached hydrogens (tertiary/aromatic N) is 1. The lowest BCUT2D eigenvalue weighted by Crippen LogP contribution is -1.94. The van der Waals surface area contributed by atoms with Crippen molar-refractivity contribution in [3.63, 3.8) is 0 Å². The number of aromatic nitrogens is 1. The van der Waals surface area contributed by atoms with E-state index in [1.165, 1.54) is 4.90 Å². The lowest BCUT2D eigenvalue weighted by atomic mass is 10.3. The van der Waals surface area contributed by atoms with Crippen molar-refractivity contribution in [2.24, 2.45) is 0 Å². The monoisotopic (exact) mass is 417 g/mol. The van der Waals surface area contributed by atoms with E-state index in [-0.39, 0.29) is 0 Å². The van der Waals surface area contributed by atoms with Crippen LogP contribution < -0.4 is 9.47 Å². The van der Waals surface area contributed by atoms with E-state index >= 15 is 0 Å². The molecule has 2 aromatic carbocycles. The third-order valence-electron chi connectivity index (χ3n) is 3.86. The van der Waals surface area contributed by atoms with E-state index in [4.69, 9.17) is 26.1 Å². The average Bonchev–Trinajstić information content (AvgIpc) is 2.73. The molecule has 0 amide bonds. The Morgan fingerprint density at radius 1 is 0.741 bits per heavy atom. The second-order valence-corrected chi connectivity index (χ2v) is 8.16. The maximum atomic E-state index is 6.34. The predicted octanol–water partition coefficient (Wildman–Crippen LogP) is 6.34. The van der Waals surface area contributed by atoms with Crippen LogP contribution in [0.3, 0.4) is 0 Å². The Morgan fingerprint density at radius 3 is 1.78 bits per heavy atom. The third kappa shape index (κ3) is 5.83. The second kappa shape index (κ2) is 9.93. The molecular formula is C21H20ClNO2S2. The number of halogens is 1. The van der Waals surface area contributed by atoms with Gasteiger partial charge in [-0.3, -0.25) is 4.98 Å². The Bertz CT molecular complexity index is 870. The molecule has 0 spiro atoms. The van der Waals surface area contributed by atoms with Gasteiger partial charge in [0, 0.05) is 21.3 Å². The van der Waals surface area contributed by atoms with Gasteiger partial charge in [-0.1, -0.05) is 11.6 Å². The second-order valence-electron chi connectivity index (χ2n) is 5.66. The molecule has 0 saturated carbocycles. The van der Waals surface area contributed by atoms with Crippen LogP contribution in [0.15, 0.2) is 70.5 Å². The number of rotatable bonds is 8. The highest BCUT2D eigenvalue weighted by Crippen LogP contribution is 2.29. The van der Waals surface area contributed by atoms with Crippen LogP contribution in [0, 0.1) is 0 Å². The van der Waals surface area contributed by atoms with Gasteiger partial charge in [-0.2, -0.15) is 0 Å². The van der Waals surface area contributed by atoms with E-state index in [1.807, 2.05) is 48.5 Å². The topological polar surface area (TPSA) is 31.4 Å². The minimum Gasteiger partial charge on any atom is -0.497 e. The Hall–Kier alpha value is -1.82. The molecule has 0 atom stereocenters. The molecule has 0 unspecified atom stereocenters. The summed E-state index contributed by atoms with van der Waals surface area (Å²) in [5.41, 5.74) is 1.93. The van der Waals surface area contributed by atoms with Crippen molar-refractivity contribution >= 4 is 35.1 Å². The van der Waals surface area contributed by atoms with Crippen molar-refractivity contribution in [2.75, 3.05) is 14.2 Å². The van der Waals surface area contributed by atoms with Gasteiger partial charge in [-0.25, -0.2) is 0 Å². The minimum absolute atomic E-state index is 0.703. The molecule has 27 heavy (non-hydrogen) atoms. The third-order valence-corrected chi connectivity index (χ3v) is 6.27. The number of ether oxygens (including phenoxy) is 2. The number of hydrogen-bond donors (Lipinski definition) is 0. The van der Waals surface area contributed by atoms with Gasteiger partial charge in [0.1, 0.15) is 11.5 Å². The molecular weight excluding hydrogens is 398 g/mol. The zero-order valence-electron chi connectivity index (χ0n) is 15.1. The molecule has 1 heterocycles. The summed E-state index contributed by atoms with van der Waals surface area (Å²) >= 11 is 9.80. The van der Waals surface area contributed by atoms with E-state index in [1.54, 1.807) is 37.7 Å². The molecule has 0 saturated heterocycles. The fraction of sp³-hybridized carbons (Fsp3) is 0.190. The van der Waals surface area contributed by atoms with Crippen LogP contribution >= 0.6 is 35.1 Å². The van der Waals surface area contributed by atoms with Gasteiger partial charge in [0.25, 0.3) is 0 Å². The van der Waals surface area contributed by atoms with Gasteiger partial charge in [-0.05, 0) is 60.7 Å². The number of benzene rings is 2. The lowest BCUT2D eigenvalue weighted by Gasteiger charge is -2.08. The maximum absolute atomic E-state index is 6.34. The summed E-state index contributed by atoms with van der Waals surface area (Å²) in [5, 5.41) is 0.703. The maximum Gasteiger partial charge on any atom is 0.118 e. The van der Waals surface area contributed by atoms with Gasteiger partial charge in [0.2, 0.25) is 0 Å². The molecule has 0 aliphatic rings. The van der Waals surface area contributed by atoms with Gasteiger partial charge < -0.3 is 9.47 Å². The summed E-state index contributed by atoms with van der Waals surface area (Å²) in [6, 6.07) is 20.0. The van der Waals surface area contributed by atoms with Crippen molar-refractivity contribution in [3.05, 3.63) is 77.1 Å². The Labute approximate surface area is 173 Å². The Kier molecular flexibility index (Phi) is 7.33. The van der Waals surface area contributed by atoms with Crippen LogP contribution in [0.25, 0.3) is 0 Å². The summed E-state index contributed by atoms with van der Waals surface area (Å²) in [5.74, 6) is 3.24. The van der Waals surface area contributed by atoms with Gasteiger partial charge in [0.15, 0.2) is 0 Å². The van der Waals surface area contributed by atoms with E-state index in [2.05, 4.69) is 12.1 Å². The van der Waals surface area contributed by atoms with Crippen LogP contribution in [-0.2, 0) is 11.5 Å². The SMILES string of the molecule is COc1ccc(SCc2ccc(Cl)c(CSc3ccc(OC)cc3)n2)cc1. The lowest BCUT2D eigenvalue weighted by molar-refractivity contribution is 0.414. The van der Waals surface area contributed by atoms with Crippen molar-refractivity contribution in [3.8, 4) is 11.5 Å². The Balaban J connectivity index is 1.60. The highest BCUT2D eigenvalue weighted by Gasteiger charge is 2.07. The first-order valence-electron chi connectivity index (χ1n) is 8.36. The predicted molar refractivity (Wildman–Crippen MR) is 114 cm³/mol.